The number of hydrazone groups is 1. The fourth-order valence-electron chi connectivity index (χ4n) is 2.54. The number of benzene rings is 2. The van der Waals surface area contributed by atoms with Gasteiger partial charge in [-0.3, -0.25) is 5.43 Å². The molecule has 1 aromatic heterocycles. The SMILES string of the molecule is CCOc1ccc(COc2cccc(C=NNc3nc(N)cs3)c2)cc1OCC. The van der Waals surface area contributed by atoms with Gasteiger partial charge in [0.05, 0.1) is 19.4 Å². The number of thiazole rings is 1. The predicted octanol–water partition coefficient (Wildman–Crippen LogP) is 4.55. The molecule has 0 amide bonds. The molecule has 3 N–H and O–H groups in total. The molecule has 0 bridgehead atoms. The summed E-state index contributed by atoms with van der Waals surface area (Å²) in [4.78, 5) is 4.09. The van der Waals surface area contributed by atoms with Crippen LogP contribution in [-0.4, -0.2) is 24.4 Å². The van der Waals surface area contributed by atoms with Gasteiger partial charge in [-0.2, -0.15) is 5.10 Å². The fraction of sp³-hybridized carbons (Fsp3) is 0.238. The van der Waals surface area contributed by atoms with Crippen molar-refractivity contribution in [2.45, 2.75) is 20.5 Å². The van der Waals surface area contributed by atoms with Crippen LogP contribution < -0.4 is 25.4 Å². The minimum atomic E-state index is 0.420. The van der Waals surface area contributed by atoms with Crippen LogP contribution in [0, 0.1) is 0 Å². The number of hydrogen-bond acceptors (Lipinski definition) is 8. The molecule has 0 aliphatic rings. The smallest absolute Gasteiger partial charge is 0.205 e. The zero-order valence-electron chi connectivity index (χ0n) is 16.4. The van der Waals surface area contributed by atoms with Gasteiger partial charge >= 0.3 is 0 Å². The van der Waals surface area contributed by atoms with E-state index in [0.29, 0.717) is 30.8 Å². The van der Waals surface area contributed by atoms with Crippen LogP contribution in [-0.2, 0) is 6.61 Å². The lowest BCUT2D eigenvalue weighted by molar-refractivity contribution is 0.283. The van der Waals surface area contributed by atoms with Crippen molar-refractivity contribution in [3.8, 4) is 17.2 Å². The van der Waals surface area contributed by atoms with Crippen molar-refractivity contribution in [2.24, 2.45) is 5.10 Å². The Morgan fingerprint density at radius 3 is 2.66 bits per heavy atom. The standard InChI is InChI=1S/C21H24N4O3S/c1-3-26-18-9-8-16(11-19(18)27-4-2)13-28-17-7-5-6-15(10-17)12-23-25-21-24-20(22)14-29-21/h5-12,14H,3-4,13,22H2,1-2H3,(H,24,25). The molecule has 3 rings (SSSR count). The number of nitrogens with one attached hydrogen (secondary N) is 1. The molecule has 0 atom stereocenters. The van der Waals surface area contributed by atoms with E-state index in [9.17, 15) is 0 Å². The summed E-state index contributed by atoms with van der Waals surface area (Å²) in [6, 6.07) is 13.5. The minimum absolute atomic E-state index is 0.420. The molecule has 0 spiro atoms. The van der Waals surface area contributed by atoms with Crippen LogP contribution in [0.5, 0.6) is 17.2 Å². The average Bonchev–Trinajstić information content (AvgIpc) is 3.14. The minimum Gasteiger partial charge on any atom is -0.490 e. The molecule has 1 heterocycles. The summed E-state index contributed by atoms with van der Waals surface area (Å²) < 4.78 is 17.2. The molecule has 0 unspecified atom stereocenters. The first-order valence-electron chi connectivity index (χ1n) is 9.29. The molecule has 0 aliphatic carbocycles. The molecule has 2 aromatic carbocycles. The van der Waals surface area contributed by atoms with Crippen molar-refractivity contribution >= 4 is 28.5 Å². The van der Waals surface area contributed by atoms with Crippen molar-refractivity contribution in [3.05, 3.63) is 59.0 Å². The quantitative estimate of drug-likeness (QED) is 0.375. The van der Waals surface area contributed by atoms with Crippen LogP contribution in [0.25, 0.3) is 0 Å². The van der Waals surface area contributed by atoms with Gasteiger partial charge in [-0.15, -0.1) is 11.3 Å². The molecule has 0 fully saturated rings. The van der Waals surface area contributed by atoms with E-state index in [2.05, 4.69) is 15.5 Å². The zero-order valence-corrected chi connectivity index (χ0v) is 17.2. The van der Waals surface area contributed by atoms with Crippen LogP contribution in [0.2, 0.25) is 0 Å². The third-order valence-electron chi connectivity index (χ3n) is 3.77. The molecule has 0 radical (unpaired) electrons. The number of hydrogen-bond donors (Lipinski definition) is 2. The van der Waals surface area contributed by atoms with E-state index in [1.165, 1.54) is 11.3 Å². The summed E-state index contributed by atoms with van der Waals surface area (Å²) in [6.45, 7) is 5.49. The molecular weight excluding hydrogens is 388 g/mol. The van der Waals surface area contributed by atoms with E-state index >= 15 is 0 Å². The highest BCUT2D eigenvalue weighted by Gasteiger charge is 2.07. The summed E-state index contributed by atoms with van der Waals surface area (Å²) >= 11 is 1.40. The molecule has 0 saturated heterocycles. The lowest BCUT2D eigenvalue weighted by Crippen LogP contribution is -2.01. The highest BCUT2D eigenvalue weighted by Crippen LogP contribution is 2.29. The second-order valence-corrected chi connectivity index (χ2v) is 6.81. The normalized spacial score (nSPS) is 10.8. The first-order valence-corrected chi connectivity index (χ1v) is 10.2. The van der Waals surface area contributed by atoms with E-state index in [0.717, 1.165) is 28.4 Å². The molecule has 29 heavy (non-hydrogen) atoms. The number of anilines is 2. The number of nitrogens with zero attached hydrogens (tertiary/aromatic N) is 2. The maximum absolute atomic E-state index is 5.93. The summed E-state index contributed by atoms with van der Waals surface area (Å²) in [6.07, 6.45) is 1.70. The van der Waals surface area contributed by atoms with Gasteiger partial charge in [0.1, 0.15) is 18.2 Å². The van der Waals surface area contributed by atoms with Crippen molar-refractivity contribution < 1.29 is 14.2 Å². The van der Waals surface area contributed by atoms with Gasteiger partial charge in [-0.05, 0) is 49.2 Å². The van der Waals surface area contributed by atoms with Crippen molar-refractivity contribution in [1.82, 2.24) is 4.98 Å². The van der Waals surface area contributed by atoms with Crippen LogP contribution >= 0.6 is 11.3 Å². The van der Waals surface area contributed by atoms with Gasteiger partial charge in [-0.1, -0.05) is 18.2 Å². The number of nitrogens with two attached hydrogens (primary N) is 1. The third-order valence-corrected chi connectivity index (χ3v) is 4.53. The maximum Gasteiger partial charge on any atom is 0.205 e. The fourth-order valence-corrected chi connectivity index (χ4v) is 3.08. The zero-order chi connectivity index (χ0) is 20.5. The van der Waals surface area contributed by atoms with E-state index < -0.39 is 0 Å². The molecule has 0 saturated carbocycles. The average molecular weight is 413 g/mol. The van der Waals surface area contributed by atoms with E-state index in [-0.39, 0.29) is 0 Å². The number of nitrogen functional groups attached to an aromatic ring is 1. The Balaban J connectivity index is 1.60. The highest BCUT2D eigenvalue weighted by molar-refractivity contribution is 7.14. The molecule has 152 valence electrons. The third kappa shape index (κ3) is 6.11. The second kappa shape index (κ2) is 10.3. The summed E-state index contributed by atoms with van der Waals surface area (Å²) in [5, 5.41) is 6.57. The van der Waals surface area contributed by atoms with E-state index in [1.54, 1.807) is 11.6 Å². The van der Waals surface area contributed by atoms with Crippen molar-refractivity contribution in [1.29, 1.82) is 0 Å². The van der Waals surface area contributed by atoms with Gasteiger partial charge in [0.15, 0.2) is 11.5 Å². The Kier molecular flexibility index (Phi) is 7.29. The Morgan fingerprint density at radius 1 is 1.07 bits per heavy atom. The molecular formula is C21H24N4O3S. The van der Waals surface area contributed by atoms with Gasteiger partial charge < -0.3 is 19.9 Å². The molecule has 3 aromatic rings. The first-order chi connectivity index (χ1) is 14.2. The van der Waals surface area contributed by atoms with Gasteiger partial charge in [0.2, 0.25) is 5.13 Å². The topological polar surface area (TPSA) is 91.0 Å². The number of rotatable bonds is 10. The monoisotopic (exact) mass is 412 g/mol. The van der Waals surface area contributed by atoms with E-state index in [4.69, 9.17) is 19.9 Å². The largest absolute Gasteiger partial charge is 0.490 e. The summed E-state index contributed by atoms with van der Waals surface area (Å²) in [5.74, 6) is 2.69. The maximum atomic E-state index is 5.93. The van der Waals surface area contributed by atoms with Crippen molar-refractivity contribution in [2.75, 3.05) is 24.4 Å². The lowest BCUT2D eigenvalue weighted by atomic mass is 10.2. The molecule has 7 nitrogen and oxygen atoms in total. The summed E-state index contributed by atoms with van der Waals surface area (Å²) in [5.41, 5.74) is 10.3. The van der Waals surface area contributed by atoms with Crippen molar-refractivity contribution in [3.63, 3.8) is 0 Å². The predicted molar refractivity (Wildman–Crippen MR) is 117 cm³/mol. The van der Waals surface area contributed by atoms with Crippen LogP contribution in [0.1, 0.15) is 25.0 Å². The Hall–Kier alpha value is -3.26. The van der Waals surface area contributed by atoms with Gasteiger partial charge in [0, 0.05) is 5.38 Å². The molecule has 0 aliphatic heterocycles. The van der Waals surface area contributed by atoms with Gasteiger partial charge in [0.25, 0.3) is 0 Å². The highest BCUT2D eigenvalue weighted by atomic mass is 32.1. The Labute approximate surface area is 174 Å². The Bertz CT molecular complexity index is 959. The number of ether oxygens (including phenoxy) is 3. The molecule has 8 heteroatoms. The second-order valence-electron chi connectivity index (χ2n) is 5.96. The van der Waals surface area contributed by atoms with Crippen LogP contribution in [0.3, 0.4) is 0 Å². The van der Waals surface area contributed by atoms with Gasteiger partial charge in [-0.25, -0.2) is 4.98 Å². The van der Waals surface area contributed by atoms with Crippen LogP contribution in [0.15, 0.2) is 52.9 Å². The first kappa shape index (κ1) is 20.5. The van der Waals surface area contributed by atoms with E-state index in [1.807, 2.05) is 56.3 Å². The number of aromatic nitrogens is 1. The Morgan fingerprint density at radius 2 is 1.90 bits per heavy atom. The lowest BCUT2D eigenvalue weighted by Gasteiger charge is -2.13. The van der Waals surface area contributed by atoms with Crippen LogP contribution in [0.4, 0.5) is 10.9 Å². The summed E-state index contributed by atoms with van der Waals surface area (Å²) in [7, 11) is 0.